The van der Waals surface area contributed by atoms with Crippen LogP contribution in [0, 0.1) is 0 Å². The molecule has 11 heteroatoms. The number of para-hydroxylation sites is 1. The molecule has 176 valence electrons. The van der Waals surface area contributed by atoms with E-state index < -0.39 is 11.6 Å². The summed E-state index contributed by atoms with van der Waals surface area (Å²) in [5.41, 5.74) is 0.789. The van der Waals surface area contributed by atoms with Gasteiger partial charge in [-0.15, -0.1) is 22.0 Å². The monoisotopic (exact) mass is 540 g/mol. The van der Waals surface area contributed by atoms with Crippen LogP contribution in [0.1, 0.15) is 24.3 Å². The van der Waals surface area contributed by atoms with Crippen molar-refractivity contribution >= 4 is 46.3 Å². The van der Waals surface area contributed by atoms with Crippen molar-refractivity contribution in [2.24, 2.45) is 0 Å². The zero-order chi connectivity index (χ0) is 24.1. The highest BCUT2D eigenvalue weighted by Crippen LogP contribution is 2.56. The van der Waals surface area contributed by atoms with Gasteiger partial charge in [0.25, 0.3) is 0 Å². The van der Waals surface area contributed by atoms with Gasteiger partial charge in [0.1, 0.15) is 16.1 Å². The number of thioether (sulfide) groups is 1. The standard InChI is InChI=1S/C23H17Cl2F3N4S2/c1-33-19-17(20-29-30-21(34-20)22(11-4-12-22)23(26,27)28)31-32(16-6-3-2-5-15(16)25)18(19)13-7-9-14(24)10-8-13/h2-3,5-10H,4,11-12H2,1H3. The molecule has 2 aromatic carbocycles. The molecular formula is C23H17Cl2F3N4S2. The van der Waals surface area contributed by atoms with Gasteiger partial charge in [-0.2, -0.15) is 18.3 Å². The van der Waals surface area contributed by atoms with E-state index in [-0.39, 0.29) is 17.8 Å². The predicted octanol–water partition coefficient (Wildman–Crippen LogP) is 8.07. The Morgan fingerprint density at radius 3 is 2.32 bits per heavy atom. The molecule has 2 heterocycles. The van der Waals surface area contributed by atoms with E-state index in [0.29, 0.717) is 32.9 Å². The molecule has 2 aromatic heterocycles. The predicted molar refractivity (Wildman–Crippen MR) is 131 cm³/mol. The second kappa shape index (κ2) is 8.86. The smallest absolute Gasteiger partial charge is 0.230 e. The molecule has 1 fully saturated rings. The Balaban J connectivity index is 1.71. The number of rotatable bonds is 5. The Labute approximate surface area is 212 Å². The number of alkyl halides is 3. The van der Waals surface area contributed by atoms with E-state index in [4.69, 9.17) is 28.3 Å². The van der Waals surface area contributed by atoms with Crippen molar-refractivity contribution in [3.8, 4) is 27.6 Å². The first kappa shape index (κ1) is 23.7. The minimum atomic E-state index is -4.37. The Kier molecular flexibility index (Phi) is 6.16. The van der Waals surface area contributed by atoms with E-state index in [9.17, 15) is 13.2 Å². The number of aromatic nitrogens is 4. The van der Waals surface area contributed by atoms with Crippen molar-refractivity contribution in [2.45, 2.75) is 35.7 Å². The van der Waals surface area contributed by atoms with Crippen LogP contribution in [0.5, 0.6) is 0 Å². The van der Waals surface area contributed by atoms with Gasteiger partial charge in [0.2, 0.25) is 0 Å². The van der Waals surface area contributed by atoms with Gasteiger partial charge in [0.05, 0.1) is 21.3 Å². The average Bonchev–Trinajstić information content (AvgIpc) is 3.38. The summed E-state index contributed by atoms with van der Waals surface area (Å²) < 4.78 is 43.3. The number of halogens is 5. The van der Waals surface area contributed by atoms with E-state index in [1.54, 1.807) is 22.9 Å². The zero-order valence-corrected chi connectivity index (χ0v) is 20.9. The molecule has 0 atom stereocenters. The maximum absolute atomic E-state index is 13.9. The lowest BCUT2D eigenvalue weighted by Crippen LogP contribution is -2.47. The van der Waals surface area contributed by atoms with Crippen LogP contribution in [-0.4, -0.2) is 32.4 Å². The highest BCUT2D eigenvalue weighted by Gasteiger charge is 2.61. The molecule has 34 heavy (non-hydrogen) atoms. The quantitative estimate of drug-likeness (QED) is 0.240. The highest BCUT2D eigenvalue weighted by molar-refractivity contribution is 7.98. The third-order valence-electron chi connectivity index (χ3n) is 6.03. The van der Waals surface area contributed by atoms with Crippen molar-refractivity contribution < 1.29 is 13.2 Å². The SMILES string of the molecule is CSc1c(-c2nnc(C3(C(F)(F)F)CCC3)s2)nn(-c2ccccc2Cl)c1-c1ccc(Cl)cc1. The summed E-state index contributed by atoms with van der Waals surface area (Å²) in [4.78, 5) is 0.764. The van der Waals surface area contributed by atoms with Gasteiger partial charge in [0, 0.05) is 10.6 Å². The number of nitrogens with zero attached hydrogens (tertiary/aromatic N) is 4. The molecule has 0 amide bonds. The first-order valence-electron chi connectivity index (χ1n) is 10.3. The molecule has 1 saturated carbocycles. The molecule has 0 spiro atoms. The van der Waals surface area contributed by atoms with Gasteiger partial charge in [-0.25, -0.2) is 4.68 Å². The molecule has 0 bridgehead atoms. The van der Waals surface area contributed by atoms with E-state index in [1.165, 1.54) is 11.8 Å². The lowest BCUT2D eigenvalue weighted by atomic mass is 9.68. The van der Waals surface area contributed by atoms with Crippen LogP contribution in [0.3, 0.4) is 0 Å². The summed E-state index contributed by atoms with van der Waals surface area (Å²) in [6, 6.07) is 14.5. The lowest BCUT2D eigenvalue weighted by molar-refractivity contribution is -0.212. The largest absolute Gasteiger partial charge is 0.400 e. The van der Waals surface area contributed by atoms with Crippen LogP contribution >= 0.6 is 46.3 Å². The van der Waals surface area contributed by atoms with Crippen LogP contribution in [-0.2, 0) is 5.41 Å². The van der Waals surface area contributed by atoms with Crippen LogP contribution in [0.2, 0.25) is 10.0 Å². The van der Waals surface area contributed by atoms with Gasteiger partial charge < -0.3 is 0 Å². The number of hydrogen-bond donors (Lipinski definition) is 0. The minimum absolute atomic E-state index is 0.00589. The Hall–Kier alpha value is -2.07. The van der Waals surface area contributed by atoms with Gasteiger partial charge in [-0.1, -0.05) is 65.2 Å². The molecule has 5 rings (SSSR count). The Morgan fingerprint density at radius 1 is 1.03 bits per heavy atom. The summed E-state index contributed by atoms with van der Waals surface area (Å²) in [7, 11) is 0. The molecule has 1 aliphatic rings. The van der Waals surface area contributed by atoms with Crippen LogP contribution in [0.25, 0.3) is 27.6 Å². The minimum Gasteiger partial charge on any atom is -0.230 e. The van der Waals surface area contributed by atoms with E-state index in [2.05, 4.69) is 10.2 Å². The van der Waals surface area contributed by atoms with E-state index in [1.807, 2.05) is 36.6 Å². The van der Waals surface area contributed by atoms with Gasteiger partial charge in [-0.3, -0.25) is 0 Å². The van der Waals surface area contributed by atoms with Crippen molar-refractivity contribution in [3.05, 3.63) is 63.6 Å². The molecule has 0 N–H and O–H groups in total. The first-order valence-corrected chi connectivity index (χ1v) is 13.1. The van der Waals surface area contributed by atoms with E-state index >= 15 is 0 Å². The van der Waals surface area contributed by atoms with Crippen molar-refractivity contribution in [1.82, 2.24) is 20.0 Å². The molecular weight excluding hydrogens is 524 g/mol. The lowest BCUT2D eigenvalue weighted by Gasteiger charge is -2.40. The van der Waals surface area contributed by atoms with Crippen molar-refractivity contribution in [3.63, 3.8) is 0 Å². The van der Waals surface area contributed by atoms with Crippen molar-refractivity contribution in [1.29, 1.82) is 0 Å². The number of hydrogen-bond acceptors (Lipinski definition) is 5. The molecule has 4 nitrogen and oxygen atoms in total. The van der Waals surface area contributed by atoms with Crippen LogP contribution in [0.15, 0.2) is 53.4 Å². The second-order valence-corrected chi connectivity index (χ2v) is 10.6. The molecule has 0 unspecified atom stereocenters. The van der Waals surface area contributed by atoms with Crippen molar-refractivity contribution in [2.75, 3.05) is 6.26 Å². The maximum Gasteiger partial charge on any atom is 0.400 e. The van der Waals surface area contributed by atoms with Crippen LogP contribution in [0.4, 0.5) is 13.2 Å². The molecule has 0 saturated heterocycles. The van der Waals surface area contributed by atoms with Gasteiger partial charge in [0.15, 0.2) is 5.01 Å². The normalized spacial score (nSPS) is 15.4. The fourth-order valence-electron chi connectivity index (χ4n) is 4.06. The molecule has 1 aliphatic carbocycles. The summed E-state index contributed by atoms with van der Waals surface area (Å²) in [6.45, 7) is 0. The Bertz CT molecular complexity index is 1350. The maximum atomic E-state index is 13.9. The summed E-state index contributed by atoms with van der Waals surface area (Å²) in [6.07, 6.45) is -1.89. The second-order valence-electron chi connectivity index (χ2n) is 7.95. The van der Waals surface area contributed by atoms with Gasteiger partial charge >= 0.3 is 6.18 Å². The average molecular weight is 541 g/mol. The summed E-state index contributed by atoms with van der Waals surface area (Å²) >= 11 is 15.0. The number of benzene rings is 2. The van der Waals surface area contributed by atoms with Crippen LogP contribution < -0.4 is 0 Å². The fraction of sp³-hybridized carbons (Fsp3) is 0.261. The van der Waals surface area contributed by atoms with E-state index in [0.717, 1.165) is 27.5 Å². The molecule has 4 aromatic rings. The topological polar surface area (TPSA) is 43.6 Å². The third kappa shape index (κ3) is 3.82. The highest BCUT2D eigenvalue weighted by atomic mass is 35.5. The summed E-state index contributed by atoms with van der Waals surface area (Å²) in [5, 5.41) is 14.4. The fourth-order valence-corrected chi connectivity index (χ4v) is 6.29. The zero-order valence-electron chi connectivity index (χ0n) is 17.7. The third-order valence-corrected chi connectivity index (χ3v) is 8.53. The molecule has 0 aliphatic heterocycles. The first-order chi connectivity index (χ1) is 16.2. The van der Waals surface area contributed by atoms with Gasteiger partial charge in [-0.05, 0) is 43.4 Å². The molecule has 0 radical (unpaired) electrons. The Morgan fingerprint density at radius 2 is 1.74 bits per heavy atom. The summed E-state index contributed by atoms with van der Waals surface area (Å²) in [5.74, 6) is 0.